The van der Waals surface area contributed by atoms with E-state index in [2.05, 4.69) is 34.3 Å². The lowest BCUT2D eigenvalue weighted by atomic mass is 10.2. The molecular formula is C16H15N3O. The first-order valence-electron chi connectivity index (χ1n) is 6.39. The van der Waals surface area contributed by atoms with Gasteiger partial charge in [0.1, 0.15) is 17.9 Å². The first-order valence-corrected chi connectivity index (χ1v) is 6.39. The molecule has 0 atom stereocenters. The van der Waals surface area contributed by atoms with Crippen molar-refractivity contribution in [2.24, 2.45) is 0 Å². The number of aromatic nitrogens is 2. The summed E-state index contributed by atoms with van der Waals surface area (Å²) in [6.45, 7) is 2.06. The number of rotatable bonds is 3. The van der Waals surface area contributed by atoms with Gasteiger partial charge in [0.05, 0.1) is 12.6 Å². The molecule has 1 heterocycles. The number of benzene rings is 2. The Morgan fingerprint density at radius 1 is 1.05 bits per heavy atom. The second-order valence-corrected chi connectivity index (χ2v) is 4.60. The fourth-order valence-electron chi connectivity index (χ4n) is 2.12. The Morgan fingerprint density at radius 2 is 1.95 bits per heavy atom. The van der Waals surface area contributed by atoms with Crippen LogP contribution in [-0.4, -0.2) is 17.1 Å². The summed E-state index contributed by atoms with van der Waals surface area (Å²) in [7, 11) is 1.65. The monoisotopic (exact) mass is 265 g/mol. The molecule has 2 aromatic carbocycles. The van der Waals surface area contributed by atoms with Gasteiger partial charge in [0.15, 0.2) is 0 Å². The maximum absolute atomic E-state index is 5.26. The molecule has 0 bridgehead atoms. The summed E-state index contributed by atoms with van der Waals surface area (Å²) in [5, 5.41) is 4.27. The fourth-order valence-corrected chi connectivity index (χ4v) is 2.12. The van der Waals surface area contributed by atoms with Crippen LogP contribution in [0.25, 0.3) is 10.9 Å². The summed E-state index contributed by atoms with van der Waals surface area (Å²) in [6, 6.07) is 13.9. The topological polar surface area (TPSA) is 47.0 Å². The van der Waals surface area contributed by atoms with Gasteiger partial charge in [-0.15, -0.1) is 0 Å². The SMILES string of the molecule is COc1ccc2ncnc(Nc3cccc(C)c3)c2c1. The van der Waals surface area contributed by atoms with Crippen LogP contribution in [0.1, 0.15) is 5.56 Å². The third kappa shape index (κ3) is 2.40. The third-order valence-electron chi connectivity index (χ3n) is 3.12. The highest BCUT2D eigenvalue weighted by atomic mass is 16.5. The van der Waals surface area contributed by atoms with Gasteiger partial charge in [-0.05, 0) is 42.8 Å². The molecule has 0 saturated heterocycles. The highest BCUT2D eigenvalue weighted by Crippen LogP contribution is 2.26. The van der Waals surface area contributed by atoms with Crippen LogP contribution in [0.5, 0.6) is 5.75 Å². The minimum Gasteiger partial charge on any atom is -0.497 e. The predicted octanol–water partition coefficient (Wildman–Crippen LogP) is 3.69. The Kier molecular flexibility index (Phi) is 3.21. The van der Waals surface area contributed by atoms with Gasteiger partial charge < -0.3 is 10.1 Å². The summed E-state index contributed by atoms with van der Waals surface area (Å²) in [4.78, 5) is 8.60. The van der Waals surface area contributed by atoms with Gasteiger partial charge in [-0.1, -0.05) is 12.1 Å². The number of nitrogens with one attached hydrogen (secondary N) is 1. The molecule has 0 fully saturated rings. The molecule has 0 aliphatic heterocycles. The van der Waals surface area contributed by atoms with Gasteiger partial charge >= 0.3 is 0 Å². The van der Waals surface area contributed by atoms with Crippen LogP contribution in [0.15, 0.2) is 48.8 Å². The van der Waals surface area contributed by atoms with Crippen molar-refractivity contribution in [3.05, 3.63) is 54.4 Å². The van der Waals surface area contributed by atoms with E-state index in [-0.39, 0.29) is 0 Å². The van der Waals surface area contributed by atoms with Crippen LogP contribution in [0.3, 0.4) is 0 Å². The van der Waals surface area contributed by atoms with Crippen LogP contribution in [0, 0.1) is 6.92 Å². The van der Waals surface area contributed by atoms with Gasteiger partial charge in [-0.3, -0.25) is 0 Å². The molecule has 20 heavy (non-hydrogen) atoms. The Balaban J connectivity index is 2.06. The number of hydrogen-bond donors (Lipinski definition) is 1. The predicted molar refractivity (Wildman–Crippen MR) is 80.6 cm³/mol. The fraction of sp³-hybridized carbons (Fsp3) is 0.125. The normalized spacial score (nSPS) is 10.5. The largest absolute Gasteiger partial charge is 0.497 e. The zero-order chi connectivity index (χ0) is 13.9. The van der Waals surface area contributed by atoms with Crippen molar-refractivity contribution in [2.75, 3.05) is 12.4 Å². The van der Waals surface area contributed by atoms with Crippen LogP contribution in [0.4, 0.5) is 11.5 Å². The molecule has 100 valence electrons. The zero-order valence-corrected chi connectivity index (χ0v) is 11.4. The average molecular weight is 265 g/mol. The van der Waals surface area contributed by atoms with E-state index in [1.807, 2.05) is 30.3 Å². The molecular weight excluding hydrogens is 250 g/mol. The van der Waals surface area contributed by atoms with E-state index in [9.17, 15) is 0 Å². The Bertz CT molecular complexity index is 756. The molecule has 0 amide bonds. The molecule has 4 heteroatoms. The highest BCUT2D eigenvalue weighted by Gasteiger charge is 2.05. The zero-order valence-electron chi connectivity index (χ0n) is 11.4. The van der Waals surface area contributed by atoms with E-state index in [4.69, 9.17) is 4.74 Å². The molecule has 4 nitrogen and oxygen atoms in total. The lowest BCUT2D eigenvalue weighted by Crippen LogP contribution is -1.96. The van der Waals surface area contributed by atoms with Crippen molar-refractivity contribution < 1.29 is 4.74 Å². The summed E-state index contributed by atoms with van der Waals surface area (Å²) in [5.74, 6) is 1.57. The van der Waals surface area contributed by atoms with E-state index in [0.717, 1.165) is 28.2 Å². The molecule has 0 saturated carbocycles. The lowest BCUT2D eigenvalue weighted by molar-refractivity contribution is 0.415. The van der Waals surface area contributed by atoms with Crippen molar-refractivity contribution in [1.82, 2.24) is 9.97 Å². The van der Waals surface area contributed by atoms with Crippen molar-refractivity contribution >= 4 is 22.4 Å². The summed E-state index contributed by atoms with van der Waals surface area (Å²) >= 11 is 0. The number of aryl methyl sites for hydroxylation is 1. The van der Waals surface area contributed by atoms with Gasteiger partial charge in [0.25, 0.3) is 0 Å². The number of methoxy groups -OCH3 is 1. The molecule has 0 spiro atoms. The summed E-state index contributed by atoms with van der Waals surface area (Å²) in [6.07, 6.45) is 1.56. The summed E-state index contributed by atoms with van der Waals surface area (Å²) in [5.41, 5.74) is 3.09. The van der Waals surface area contributed by atoms with Crippen LogP contribution < -0.4 is 10.1 Å². The minimum absolute atomic E-state index is 0.777. The van der Waals surface area contributed by atoms with Gasteiger partial charge in [0.2, 0.25) is 0 Å². The number of fused-ring (bicyclic) bond motifs is 1. The standard InChI is InChI=1S/C16H15N3O/c1-11-4-3-5-12(8-11)19-16-14-9-13(20-2)6-7-15(14)17-10-18-16/h3-10H,1-2H3,(H,17,18,19). The molecule has 3 rings (SSSR count). The van der Waals surface area contributed by atoms with Crippen molar-refractivity contribution in [2.45, 2.75) is 6.92 Å². The number of anilines is 2. The molecule has 0 unspecified atom stereocenters. The second-order valence-electron chi connectivity index (χ2n) is 4.60. The van der Waals surface area contributed by atoms with Gasteiger partial charge in [0, 0.05) is 11.1 Å². The van der Waals surface area contributed by atoms with Gasteiger partial charge in [-0.25, -0.2) is 9.97 Å². The van der Waals surface area contributed by atoms with Gasteiger partial charge in [-0.2, -0.15) is 0 Å². The van der Waals surface area contributed by atoms with Crippen molar-refractivity contribution in [3.8, 4) is 5.75 Å². The van der Waals surface area contributed by atoms with Crippen LogP contribution >= 0.6 is 0 Å². The average Bonchev–Trinajstić information content (AvgIpc) is 2.47. The Hall–Kier alpha value is -2.62. The first-order chi connectivity index (χ1) is 9.76. The van der Waals surface area contributed by atoms with E-state index >= 15 is 0 Å². The minimum atomic E-state index is 0.777. The van der Waals surface area contributed by atoms with E-state index in [1.54, 1.807) is 13.4 Å². The van der Waals surface area contributed by atoms with Crippen LogP contribution in [-0.2, 0) is 0 Å². The maximum atomic E-state index is 5.26. The second kappa shape index (κ2) is 5.17. The lowest BCUT2D eigenvalue weighted by Gasteiger charge is -2.09. The number of nitrogens with zero attached hydrogens (tertiary/aromatic N) is 2. The Labute approximate surface area is 117 Å². The number of hydrogen-bond acceptors (Lipinski definition) is 4. The van der Waals surface area contributed by atoms with E-state index in [0.29, 0.717) is 0 Å². The quantitative estimate of drug-likeness (QED) is 0.784. The van der Waals surface area contributed by atoms with E-state index in [1.165, 1.54) is 5.56 Å². The van der Waals surface area contributed by atoms with E-state index < -0.39 is 0 Å². The molecule has 1 N–H and O–H groups in total. The highest BCUT2D eigenvalue weighted by molar-refractivity contribution is 5.91. The number of ether oxygens (including phenoxy) is 1. The van der Waals surface area contributed by atoms with Crippen molar-refractivity contribution in [3.63, 3.8) is 0 Å². The summed E-state index contributed by atoms with van der Waals surface area (Å²) < 4.78 is 5.26. The molecule has 1 aromatic heterocycles. The maximum Gasteiger partial charge on any atom is 0.141 e. The Morgan fingerprint density at radius 3 is 2.75 bits per heavy atom. The molecule has 0 aliphatic rings. The molecule has 0 aliphatic carbocycles. The first kappa shape index (κ1) is 12.4. The third-order valence-corrected chi connectivity index (χ3v) is 3.12. The molecule has 3 aromatic rings. The van der Waals surface area contributed by atoms with Crippen LogP contribution in [0.2, 0.25) is 0 Å². The van der Waals surface area contributed by atoms with Crippen molar-refractivity contribution in [1.29, 1.82) is 0 Å². The molecule has 0 radical (unpaired) electrons. The smallest absolute Gasteiger partial charge is 0.141 e.